The molecular weight excluding hydrogens is 428 g/mol. The number of alkyl halides is 3. The minimum Gasteiger partial charge on any atom is -0.363 e. The number of nitrogens with zero attached hydrogens (tertiary/aromatic N) is 3. The van der Waals surface area contributed by atoms with E-state index in [1.807, 2.05) is 20.8 Å². The van der Waals surface area contributed by atoms with Gasteiger partial charge in [-0.05, 0) is 26.8 Å². The molecule has 0 saturated heterocycles. The van der Waals surface area contributed by atoms with E-state index in [2.05, 4.69) is 25.3 Å². The number of amides is 1. The molecule has 0 aromatic carbocycles. The van der Waals surface area contributed by atoms with E-state index in [-0.39, 0.29) is 17.8 Å². The third-order valence-electron chi connectivity index (χ3n) is 3.36. The molecule has 3 rings (SSSR count). The molecule has 0 fully saturated rings. The zero-order valence-corrected chi connectivity index (χ0v) is 17.0. The monoisotopic (exact) mass is 446 g/mol. The lowest BCUT2D eigenvalue weighted by Gasteiger charge is -2.21. The molecule has 0 bridgehead atoms. The average Bonchev–Trinajstić information content (AvgIpc) is 3.03. The molecule has 30 heavy (non-hydrogen) atoms. The Morgan fingerprint density at radius 1 is 1.20 bits per heavy atom. The Kier molecular flexibility index (Phi) is 7.19. The smallest absolute Gasteiger partial charge is 0.363 e. The van der Waals surface area contributed by atoms with Gasteiger partial charge >= 0.3 is 6.18 Å². The van der Waals surface area contributed by atoms with Crippen molar-refractivity contribution in [3.05, 3.63) is 35.5 Å². The highest BCUT2D eigenvalue weighted by molar-refractivity contribution is 6.31. The number of nitrogens with one attached hydrogen (secondary N) is 3. The van der Waals surface area contributed by atoms with Crippen molar-refractivity contribution < 1.29 is 22.4 Å². The van der Waals surface area contributed by atoms with E-state index in [0.29, 0.717) is 16.5 Å². The Morgan fingerprint density at radius 2 is 1.90 bits per heavy atom. The van der Waals surface area contributed by atoms with Crippen molar-refractivity contribution in [2.45, 2.75) is 32.5 Å². The molecule has 0 unspecified atom stereocenters. The number of fused-ring (bicyclic) bond motifs is 1. The Labute approximate surface area is 174 Å². The number of pyridine rings is 1. The third-order valence-corrected chi connectivity index (χ3v) is 3.57. The maximum Gasteiger partial charge on any atom is 0.405 e. The van der Waals surface area contributed by atoms with Crippen LogP contribution in [0.5, 0.6) is 0 Å². The summed E-state index contributed by atoms with van der Waals surface area (Å²) >= 11 is 5.99. The topological polar surface area (TPSA) is 95.6 Å². The number of carbonyl (C=O) groups excluding carboxylic acids is 1. The van der Waals surface area contributed by atoms with Crippen molar-refractivity contribution in [2.24, 2.45) is 0 Å². The Morgan fingerprint density at radius 3 is 2.47 bits per heavy atom. The van der Waals surface area contributed by atoms with Crippen LogP contribution in [0, 0.1) is 5.82 Å². The van der Waals surface area contributed by atoms with Crippen molar-refractivity contribution in [3.63, 3.8) is 0 Å². The highest BCUT2D eigenvalue weighted by Crippen LogP contribution is 2.28. The molecule has 0 atom stereocenters. The molecule has 0 aliphatic carbocycles. The van der Waals surface area contributed by atoms with E-state index in [1.54, 1.807) is 18.5 Å². The molecule has 0 aliphatic heterocycles. The van der Waals surface area contributed by atoms with Crippen LogP contribution in [0.1, 0.15) is 20.8 Å². The fourth-order valence-electron chi connectivity index (χ4n) is 2.26. The zero-order chi connectivity index (χ0) is 22.5. The Hall–Kier alpha value is -2.95. The molecule has 3 N–H and O–H groups in total. The fraction of sp³-hybridized carbons (Fsp3) is 0.333. The largest absolute Gasteiger partial charge is 0.405 e. The molecule has 1 amide bonds. The van der Waals surface area contributed by atoms with Crippen LogP contribution in [0.15, 0.2) is 24.7 Å². The van der Waals surface area contributed by atoms with Crippen LogP contribution in [0.3, 0.4) is 0 Å². The van der Waals surface area contributed by atoms with Gasteiger partial charge in [-0.3, -0.25) is 4.79 Å². The molecule has 0 spiro atoms. The average molecular weight is 447 g/mol. The molecule has 162 valence electrons. The van der Waals surface area contributed by atoms with Gasteiger partial charge in [0.05, 0.1) is 11.2 Å². The summed E-state index contributed by atoms with van der Waals surface area (Å²) < 4.78 is 47.0. The third kappa shape index (κ3) is 6.83. The number of rotatable bonds is 4. The second-order valence-corrected chi connectivity index (χ2v) is 7.57. The quantitative estimate of drug-likeness (QED) is 0.410. The van der Waals surface area contributed by atoms with Crippen LogP contribution < -0.4 is 10.6 Å². The summed E-state index contributed by atoms with van der Waals surface area (Å²) in [7, 11) is 0. The maximum absolute atomic E-state index is 13.9. The first-order valence-corrected chi connectivity index (χ1v) is 8.95. The standard InChI is InChI=1S/C15H15ClFN5.C3H4F3NO/c1-15(2,3)22-14-11(17)7-20-13(21-14)10-6-19-12-9(10)4-8(16)5-18-12;4-3(5,6)1-7-2-8/h4-7H,1-3H3,(H,18,19)(H,20,21,22);2H,1H2,(H,7,8). The molecule has 0 radical (unpaired) electrons. The molecule has 7 nitrogen and oxygen atoms in total. The van der Waals surface area contributed by atoms with E-state index in [4.69, 9.17) is 11.6 Å². The van der Waals surface area contributed by atoms with Gasteiger partial charge in [0, 0.05) is 28.9 Å². The first-order chi connectivity index (χ1) is 13.9. The molecular formula is C18H19ClF4N6O. The van der Waals surface area contributed by atoms with Crippen molar-refractivity contribution in [3.8, 4) is 11.4 Å². The van der Waals surface area contributed by atoms with Gasteiger partial charge in [-0.1, -0.05) is 11.6 Å². The van der Waals surface area contributed by atoms with E-state index in [1.165, 1.54) is 5.32 Å². The number of carbonyl (C=O) groups is 1. The first kappa shape index (κ1) is 23.3. The van der Waals surface area contributed by atoms with Crippen LogP contribution >= 0.6 is 11.6 Å². The van der Waals surface area contributed by atoms with E-state index in [9.17, 15) is 22.4 Å². The number of hydrogen-bond donors (Lipinski definition) is 3. The molecule has 12 heteroatoms. The number of anilines is 1. The minimum absolute atomic E-state index is 0.00743. The van der Waals surface area contributed by atoms with Crippen LogP contribution in [-0.2, 0) is 4.79 Å². The van der Waals surface area contributed by atoms with Crippen molar-refractivity contribution >= 4 is 34.9 Å². The van der Waals surface area contributed by atoms with Crippen molar-refractivity contribution in [1.82, 2.24) is 25.3 Å². The molecule has 0 aliphatic rings. The van der Waals surface area contributed by atoms with Crippen LogP contribution in [0.25, 0.3) is 22.4 Å². The van der Waals surface area contributed by atoms with Gasteiger partial charge in [-0.25, -0.2) is 19.3 Å². The lowest BCUT2D eigenvalue weighted by atomic mass is 10.1. The van der Waals surface area contributed by atoms with Crippen LogP contribution in [0.4, 0.5) is 23.4 Å². The van der Waals surface area contributed by atoms with Gasteiger partial charge in [0.2, 0.25) is 6.41 Å². The second-order valence-electron chi connectivity index (χ2n) is 7.13. The van der Waals surface area contributed by atoms with Gasteiger partial charge in [-0.2, -0.15) is 13.2 Å². The SMILES string of the molecule is CC(C)(C)Nc1nc(-c2c[nH]c3ncc(Cl)cc23)ncc1F.O=CNCC(F)(F)F. The van der Waals surface area contributed by atoms with Gasteiger partial charge in [0.15, 0.2) is 17.5 Å². The van der Waals surface area contributed by atoms with Crippen molar-refractivity contribution in [1.29, 1.82) is 0 Å². The number of aromatic amines is 1. The summed E-state index contributed by atoms with van der Waals surface area (Å²) in [5.41, 5.74) is 1.09. The maximum atomic E-state index is 13.9. The predicted molar refractivity (Wildman–Crippen MR) is 106 cm³/mol. The van der Waals surface area contributed by atoms with Crippen LogP contribution in [-0.4, -0.2) is 44.6 Å². The lowest BCUT2D eigenvalue weighted by Crippen LogP contribution is -2.27. The number of aromatic nitrogens is 4. The normalized spacial score (nSPS) is 11.6. The summed E-state index contributed by atoms with van der Waals surface area (Å²) in [4.78, 5) is 24.8. The van der Waals surface area contributed by atoms with Gasteiger partial charge < -0.3 is 15.6 Å². The second kappa shape index (κ2) is 9.24. The zero-order valence-electron chi connectivity index (χ0n) is 16.2. The number of halogens is 5. The Bertz CT molecular complexity index is 1020. The van der Waals surface area contributed by atoms with Crippen LogP contribution in [0.2, 0.25) is 5.02 Å². The lowest BCUT2D eigenvalue weighted by molar-refractivity contribution is -0.132. The summed E-state index contributed by atoms with van der Waals surface area (Å²) in [6.07, 6.45) is 0.173. The van der Waals surface area contributed by atoms with Gasteiger partial charge in [-0.15, -0.1) is 0 Å². The summed E-state index contributed by atoms with van der Waals surface area (Å²) in [6, 6.07) is 1.78. The van der Waals surface area contributed by atoms with E-state index < -0.39 is 18.5 Å². The van der Waals surface area contributed by atoms with E-state index in [0.717, 1.165) is 17.1 Å². The number of hydrogen-bond acceptors (Lipinski definition) is 5. The predicted octanol–water partition coefficient (Wildman–Crippen LogP) is 4.32. The first-order valence-electron chi connectivity index (χ1n) is 8.57. The highest BCUT2D eigenvalue weighted by atomic mass is 35.5. The van der Waals surface area contributed by atoms with Gasteiger partial charge in [0.25, 0.3) is 0 Å². The molecule has 3 aromatic rings. The summed E-state index contributed by atoms with van der Waals surface area (Å²) in [5, 5.41) is 5.83. The highest BCUT2D eigenvalue weighted by Gasteiger charge is 2.25. The molecule has 3 aromatic heterocycles. The molecule has 0 saturated carbocycles. The molecule has 3 heterocycles. The summed E-state index contributed by atoms with van der Waals surface area (Å²) in [5.74, 6) is 0.0833. The minimum atomic E-state index is -4.29. The Balaban J connectivity index is 0.000000343. The van der Waals surface area contributed by atoms with E-state index >= 15 is 0 Å². The summed E-state index contributed by atoms with van der Waals surface area (Å²) in [6.45, 7) is 4.55. The number of H-pyrrole nitrogens is 1. The fourth-order valence-corrected chi connectivity index (χ4v) is 2.42. The van der Waals surface area contributed by atoms with Gasteiger partial charge in [0.1, 0.15) is 12.2 Å². The van der Waals surface area contributed by atoms with Crippen molar-refractivity contribution in [2.75, 3.05) is 11.9 Å².